The number of benzene rings is 1. The van der Waals surface area contributed by atoms with Crippen LogP contribution in [0.15, 0.2) is 16.1 Å². The third-order valence-electron chi connectivity index (χ3n) is 2.90. The molecule has 0 aliphatic heterocycles. The fraction of sp³-hybridized carbons (Fsp3) is 0.250. The van der Waals surface area contributed by atoms with Crippen molar-refractivity contribution in [1.82, 2.24) is 0 Å². The van der Waals surface area contributed by atoms with Crippen molar-refractivity contribution in [3.05, 3.63) is 38.6 Å². The van der Waals surface area contributed by atoms with Gasteiger partial charge in [-0.2, -0.15) is 5.26 Å². The van der Waals surface area contributed by atoms with Crippen LogP contribution in [0.2, 0.25) is 0 Å². The molecule has 15 heavy (non-hydrogen) atoms. The standard InChI is InChI=1S/C12H9BrFN/c1-6-3-9-8(5-15)4-10(14)12(13)11(9)7(6)2/h4H,3H2,1-2H3. The van der Waals surface area contributed by atoms with Crippen molar-refractivity contribution in [2.24, 2.45) is 0 Å². The van der Waals surface area contributed by atoms with Gasteiger partial charge in [0.1, 0.15) is 5.82 Å². The Labute approximate surface area is 96.4 Å². The van der Waals surface area contributed by atoms with Gasteiger partial charge in [0.15, 0.2) is 0 Å². The second-order valence-electron chi connectivity index (χ2n) is 3.77. The van der Waals surface area contributed by atoms with Crippen LogP contribution in [0.5, 0.6) is 0 Å². The molecule has 0 N–H and O–H groups in total. The second-order valence-corrected chi connectivity index (χ2v) is 4.56. The van der Waals surface area contributed by atoms with E-state index in [0.717, 1.165) is 23.1 Å². The maximum atomic E-state index is 13.5. The molecule has 0 atom stereocenters. The van der Waals surface area contributed by atoms with Gasteiger partial charge in [-0.05, 0) is 59.0 Å². The largest absolute Gasteiger partial charge is 0.206 e. The van der Waals surface area contributed by atoms with Crippen molar-refractivity contribution in [3.8, 4) is 6.07 Å². The van der Waals surface area contributed by atoms with Crippen molar-refractivity contribution < 1.29 is 4.39 Å². The monoisotopic (exact) mass is 265 g/mol. The van der Waals surface area contributed by atoms with E-state index in [9.17, 15) is 4.39 Å². The van der Waals surface area contributed by atoms with Crippen LogP contribution in [0.1, 0.15) is 30.5 Å². The molecule has 0 fully saturated rings. The van der Waals surface area contributed by atoms with Crippen LogP contribution in [0.25, 0.3) is 5.57 Å². The first-order chi connectivity index (χ1) is 7.06. The summed E-state index contributed by atoms with van der Waals surface area (Å²) in [5, 5.41) is 8.94. The average molecular weight is 266 g/mol. The number of hydrogen-bond acceptors (Lipinski definition) is 1. The minimum absolute atomic E-state index is 0.362. The smallest absolute Gasteiger partial charge is 0.139 e. The van der Waals surface area contributed by atoms with Gasteiger partial charge in [-0.3, -0.25) is 0 Å². The average Bonchev–Trinajstić information content (AvgIpc) is 2.50. The zero-order valence-corrected chi connectivity index (χ0v) is 10.1. The number of hydrogen-bond donors (Lipinski definition) is 0. The number of rotatable bonds is 0. The Morgan fingerprint density at radius 3 is 2.73 bits per heavy atom. The van der Waals surface area contributed by atoms with Crippen LogP contribution < -0.4 is 0 Å². The highest BCUT2D eigenvalue weighted by molar-refractivity contribution is 9.10. The van der Waals surface area contributed by atoms with Crippen LogP contribution in [0, 0.1) is 17.1 Å². The molecular formula is C12H9BrFN. The lowest BCUT2D eigenvalue weighted by Gasteiger charge is -2.07. The number of fused-ring (bicyclic) bond motifs is 1. The molecule has 0 unspecified atom stereocenters. The van der Waals surface area contributed by atoms with E-state index in [0.29, 0.717) is 10.0 Å². The first kappa shape index (κ1) is 10.4. The summed E-state index contributed by atoms with van der Waals surface area (Å²) in [6.07, 6.45) is 0.753. The normalized spacial score (nSPS) is 14.1. The van der Waals surface area contributed by atoms with Gasteiger partial charge in [-0.25, -0.2) is 4.39 Å². The Bertz CT molecular complexity index is 523. The third-order valence-corrected chi connectivity index (χ3v) is 3.68. The molecule has 0 radical (unpaired) electrons. The lowest BCUT2D eigenvalue weighted by Crippen LogP contribution is -1.94. The van der Waals surface area contributed by atoms with E-state index in [2.05, 4.69) is 15.9 Å². The Kier molecular flexibility index (Phi) is 2.40. The molecule has 1 aliphatic rings. The molecule has 0 bridgehead atoms. The van der Waals surface area contributed by atoms with E-state index in [1.807, 2.05) is 19.9 Å². The molecule has 0 saturated carbocycles. The summed E-state index contributed by atoms with van der Waals surface area (Å²) in [7, 11) is 0. The van der Waals surface area contributed by atoms with Crippen LogP contribution >= 0.6 is 15.9 Å². The van der Waals surface area contributed by atoms with Gasteiger partial charge in [-0.15, -0.1) is 0 Å². The van der Waals surface area contributed by atoms with Crippen LogP contribution in [-0.2, 0) is 6.42 Å². The lowest BCUT2D eigenvalue weighted by molar-refractivity contribution is 0.619. The van der Waals surface area contributed by atoms with Crippen molar-refractivity contribution >= 4 is 21.5 Å². The Morgan fingerprint density at radius 1 is 1.47 bits per heavy atom. The molecule has 1 aromatic rings. The van der Waals surface area contributed by atoms with E-state index in [-0.39, 0.29) is 5.82 Å². The van der Waals surface area contributed by atoms with E-state index in [1.165, 1.54) is 11.6 Å². The number of allylic oxidation sites excluding steroid dienone is 2. The van der Waals surface area contributed by atoms with E-state index in [1.54, 1.807) is 0 Å². The van der Waals surface area contributed by atoms with Gasteiger partial charge >= 0.3 is 0 Å². The molecule has 0 saturated heterocycles. The van der Waals surface area contributed by atoms with Gasteiger partial charge in [0.25, 0.3) is 0 Å². The molecule has 0 amide bonds. The number of nitriles is 1. The summed E-state index contributed by atoms with van der Waals surface area (Å²) >= 11 is 3.24. The highest BCUT2D eigenvalue weighted by Gasteiger charge is 2.23. The molecule has 0 aromatic heterocycles. The SMILES string of the molecule is CC1=C(C)c2c(Br)c(F)cc(C#N)c2C1. The Balaban J connectivity index is 2.81. The number of nitrogens with zero attached hydrogens (tertiary/aromatic N) is 1. The van der Waals surface area contributed by atoms with Gasteiger partial charge in [0, 0.05) is 0 Å². The Hall–Kier alpha value is -1.14. The van der Waals surface area contributed by atoms with Crippen molar-refractivity contribution in [3.63, 3.8) is 0 Å². The number of halogens is 2. The summed E-state index contributed by atoms with van der Waals surface area (Å²) in [4.78, 5) is 0. The minimum atomic E-state index is -0.362. The molecule has 1 nitrogen and oxygen atoms in total. The maximum absolute atomic E-state index is 13.5. The summed E-state index contributed by atoms with van der Waals surface area (Å²) in [6, 6.07) is 3.35. The summed E-state index contributed by atoms with van der Waals surface area (Å²) < 4.78 is 14.0. The highest BCUT2D eigenvalue weighted by Crippen LogP contribution is 2.40. The Morgan fingerprint density at radius 2 is 2.13 bits per heavy atom. The lowest BCUT2D eigenvalue weighted by atomic mass is 10.0. The molecule has 0 heterocycles. The fourth-order valence-electron chi connectivity index (χ4n) is 1.95. The van der Waals surface area contributed by atoms with Gasteiger partial charge in [0.2, 0.25) is 0 Å². The van der Waals surface area contributed by atoms with E-state index >= 15 is 0 Å². The molecule has 1 aliphatic carbocycles. The first-order valence-electron chi connectivity index (χ1n) is 4.64. The molecule has 3 heteroatoms. The summed E-state index contributed by atoms with van der Waals surface area (Å²) in [5.41, 5.74) is 4.53. The zero-order chi connectivity index (χ0) is 11.2. The van der Waals surface area contributed by atoms with Crippen molar-refractivity contribution in [2.75, 3.05) is 0 Å². The predicted octanol–water partition coefficient (Wildman–Crippen LogP) is 3.81. The van der Waals surface area contributed by atoms with Crippen LogP contribution in [0.3, 0.4) is 0 Å². The van der Waals surface area contributed by atoms with Crippen molar-refractivity contribution in [2.45, 2.75) is 20.3 Å². The maximum Gasteiger partial charge on any atom is 0.139 e. The first-order valence-corrected chi connectivity index (χ1v) is 5.43. The predicted molar refractivity (Wildman–Crippen MR) is 60.8 cm³/mol. The molecule has 1 aromatic carbocycles. The minimum Gasteiger partial charge on any atom is -0.206 e. The summed E-state index contributed by atoms with van der Waals surface area (Å²) in [5.74, 6) is -0.362. The second kappa shape index (κ2) is 3.46. The topological polar surface area (TPSA) is 23.8 Å². The van der Waals surface area contributed by atoms with Crippen LogP contribution in [-0.4, -0.2) is 0 Å². The molecule has 0 spiro atoms. The zero-order valence-electron chi connectivity index (χ0n) is 8.49. The van der Waals surface area contributed by atoms with Crippen LogP contribution in [0.4, 0.5) is 4.39 Å². The summed E-state index contributed by atoms with van der Waals surface area (Å²) in [6.45, 7) is 3.98. The highest BCUT2D eigenvalue weighted by atomic mass is 79.9. The molecular weight excluding hydrogens is 257 g/mol. The van der Waals surface area contributed by atoms with Gasteiger partial charge < -0.3 is 0 Å². The van der Waals surface area contributed by atoms with Crippen molar-refractivity contribution in [1.29, 1.82) is 5.26 Å². The molecule has 76 valence electrons. The van der Waals surface area contributed by atoms with Gasteiger partial charge in [0.05, 0.1) is 16.1 Å². The molecule has 2 rings (SSSR count). The van der Waals surface area contributed by atoms with E-state index in [4.69, 9.17) is 5.26 Å². The van der Waals surface area contributed by atoms with Gasteiger partial charge in [-0.1, -0.05) is 5.57 Å². The fourth-order valence-corrected chi connectivity index (χ4v) is 2.60. The van der Waals surface area contributed by atoms with E-state index < -0.39 is 0 Å². The quantitative estimate of drug-likeness (QED) is 0.700. The third kappa shape index (κ3) is 1.40.